The van der Waals surface area contributed by atoms with Gasteiger partial charge in [-0.15, -0.1) is 40.5 Å². The number of nitrogens with zero attached hydrogens (tertiary/aromatic N) is 2. The van der Waals surface area contributed by atoms with Crippen LogP contribution in [0.5, 0.6) is 0 Å². The molecule has 0 aliphatic rings. The van der Waals surface area contributed by atoms with Crippen LogP contribution in [0.25, 0.3) is 53.1 Å². The average Bonchev–Trinajstić information content (AvgIpc) is 3.43. The number of ketones is 1. The number of aliphatic hydroxyl groups is 1. The number of carbonyl (C=O) groups excluding carboxylic acids is 1. The number of aryl methyl sites for hydroxylation is 3. The van der Waals surface area contributed by atoms with Gasteiger partial charge in [-0.2, -0.15) is 0 Å². The van der Waals surface area contributed by atoms with Crippen molar-refractivity contribution in [3.05, 3.63) is 95.5 Å². The number of benzene rings is 4. The van der Waals surface area contributed by atoms with Gasteiger partial charge in [-0.1, -0.05) is 101 Å². The minimum absolute atomic E-state index is 0. The van der Waals surface area contributed by atoms with E-state index in [1.165, 1.54) is 49.0 Å². The van der Waals surface area contributed by atoms with Crippen molar-refractivity contribution in [2.24, 2.45) is 10.8 Å². The number of allylic oxidation sites excluding steroid dienone is 2. The molecule has 0 spiro atoms. The van der Waals surface area contributed by atoms with Crippen LogP contribution >= 0.6 is 11.3 Å². The van der Waals surface area contributed by atoms with Crippen LogP contribution in [0.2, 0.25) is 0 Å². The molecule has 0 aliphatic heterocycles. The summed E-state index contributed by atoms with van der Waals surface area (Å²) in [4.78, 5) is 21.5. The summed E-state index contributed by atoms with van der Waals surface area (Å²) in [5.74, 6) is 0.286. The van der Waals surface area contributed by atoms with E-state index in [1.54, 1.807) is 17.7 Å². The molecule has 6 heteroatoms. The van der Waals surface area contributed by atoms with E-state index < -0.39 is 0 Å². The van der Waals surface area contributed by atoms with Crippen molar-refractivity contribution in [1.29, 1.82) is 0 Å². The second-order valence-electron chi connectivity index (χ2n) is 13.5. The Kier molecular flexibility index (Phi) is 11.7. The van der Waals surface area contributed by atoms with Crippen molar-refractivity contribution in [1.82, 2.24) is 9.97 Å². The fraction of sp³-hybridized carbons (Fsp3) is 0.357. The largest absolute Gasteiger partial charge is 0.512 e. The van der Waals surface area contributed by atoms with E-state index >= 15 is 0 Å². The first kappa shape index (κ1) is 37.4. The quantitative estimate of drug-likeness (QED) is 0.0942. The molecule has 1 radical (unpaired) electrons. The summed E-state index contributed by atoms with van der Waals surface area (Å²) in [7, 11) is 0. The molecule has 0 bridgehead atoms. The molecule has 2 aromatic heterocycles. The molecule has 6 aromatic rings. The first-order valence-electron chi connectivity index (χ1n) is 16.8. The third-order valence-electron chi connectivity index (χ3n) is 10.5. The zero-order valence-electron chi connectivity index (χ0n) is 29.7. The van der Waals surface area contributed by atoms with Gasteiger partial charge in [-0.05, 0) is 62.4 Å². The number of hydrogen-bond donors (Lipinski definition) is 1. The molecule has 1 N–H and O–H groups in total. The molecule has 6 rings (SSSR count). The van der Waals surface area contributed by atoms with Crippen LogP contribution in [0.1, 0.15) is 83.9 Å². The van der Waals surface area contributed by atoms with Gasteiger partial charge in [0, 0.05) is 57.5 Å². The zero-order valence-corrected chi connectivity index (χ0v) is 32.9. The predicted octanol–water partition coefficient (Wildman–Crippen LogP) is 12.2. The minimum atomic E-state index is -0.337. The van der Waals surface area contributed by atoms with Crippen molar-refractivity contribution >= 4 is 59.0 Å². The van der Waals surface area contributed by atoms with Gasteiger partial charge in [-0.25, -0.2) is 4.98 Å². The predicted molar refractivity (Wildman–Crippen MR) is 202 cm³/mol. The maximum Gasteiger partial charge on any atom is 0.164 e. The minimum Gasteiger partial charge on any atom is -0.512 e. The van der Waals surface area contributed by atoms with Crippen LogP contribution < -0.4 is 0 Å². The van der Waals surface area contributed by atoms with Gasteiger partial charge in [0.25, 0.3) is 0 Å². The molecule has 4 nitrogen and oxygen atoms in total. The van der Waals surface area contributed by atoms with Crippen molar-refractivity contribution in [3.8, 4) is 11.3 Å². The molecule has 0 saturated heterocycles. The Balaban J connectivity index is 0.000000251. The molecule has 0 saturated carbocycles. The average molecular weight is 836 g/mol. The summed E-state index contributed by atoms with van der Waals surface area (Å²) in [6, 6.07) is 23.3. The van der Waals surface area contributed by atoms with Gasteiger partial charge in [0.15, 0.2) is 5.78 Å². The van der Waals surface area contributed by atoms with Crippen LogP contribution in [-0.2, 0) is 24.9 Å². The number of hydrogen-bond acceptors (Lipinski definition) is 5. The van der Waals surface area contributed by atoms with E-state index in [0.29, 0.717) is 0 Å². The van der Waals surface area contributed by atoms with Gasteiger partial charge >= 0.3 is 0 Å². The Morgan fingerprint density at radius 3 is 2.08 bits per heavy atom. The molecular weight excluding hydrogens is 789 g/mol. The summed E-state index contributed by atoms with van der Waals surface area (Å²) >= 11 is 1.77. The molecule has 0 unspecified atom stereocenters. The van der Waals surface area contributed by atoms with Crippen molar-refractivity contribution in [2.45, 2.75) is 88.0 Å². The number of aromatic nitrogens is 2. The molecule has 0 fully saturated rings. The van der Waals surface area contributed by atoms with Crippen LogP contribution in [0.3, 0.4) is 0 Å². The summed E-state index contributed by atoms with van der Waals surface area (Å²) in [6.45, 7) is 18.6. The molecule has 0 atom stereocenters. The molecular formula is C42H47IrN2O2S-. The Bertz CT molecular complexity index is 2140. The summed E-state index contributed by atoms with van der Waals surface area (Å²) < 4.78 is 2.37. The zero-order chi connectivity index (χ0) is 34.1. The van der Waals surface area contributed by atoms with Crippen LogP contribution in [-0.4, -0.2) is 20.9 Å². The third-order valence-corrected chi connectivity index (χ3v) is 11.6. The van der Waals surface area contributed by atoms with E-state index in [0.717, 1.165) is 52.5 Å². The maximum atomic E-state index is 12.2. The van der Waals surface area contributed by atoms with E-state index in [9.17, 15) is 9.90 Å². The first-order chi connectivity index (χ1) is 22.4. The molecule has 48 heavy (non-hydrogen) atoms. The normalized spacial score (nSPS) is 12.3. The van der Waals surface area contributed by atoms with Crippen LogP contribution in [0.15, 0.2) is 72.8 Å². The standard InChI is InChI=1S/C27H19N2S.C15H28O2.Ir/c1-15-8-16(2)24-17(3)10-21(11-20(24)9-15)25-27-26(29-14-28-25)22-12-18-6-4-5-7-19(18)13-23(22)30-27;1-7-14(5,8-2)12(16)11-13(17)15(6,9-3)10-4;/h4-10,12-14H,1-3H3;11,16H,7-10H2,1-6H3;/q-1;;/b;12-11-;. The van der Waals surface area contributed by atoms with Gasteiger partial charge in [-0.3, -0.25) is 9.78 Å². The molecule has 2 heterocycles. The van der Waals surface area contributed by atoms with Crippen molar-refractivity contribution in [3.63, 3.8) is 0 Å². The van der Waals surface area contributed by atoms with Crippen molar-refractivity contribution < 1.29 is 30.0 Å². The Hall–Kier alpha value is -3.44. The summed E-state index contributed by atoms with van der Waals surface area (Å²) in [5, 5.41) is 16.3. The Morgan fingerprint density at radius 1 is 0.854 bits per heavy atom. The second-order valence-corrected chi connectivity index (χ2v) is 14.5. The SMILES string of the molecule is CCC(C)(CC)C(=O)/C=C(\O)C(C)(CC)CC.Cc1cc(C)c2c(C)cc(-c3ncnc4c3sc3cc5ccccc5cc34)[c-]c2c1.[Ir]. The van der Waals surface area contributed by atoms with E-state index in [1.807, 2.05) is 41.5 Å². The smallest absolute Gasteiger partial charge is 0.164 e. The van der Waals surface area contributed by atoms with Crippen LogP contribution in [0.4, 0.5) is 0 Å². The van der Waals surface area contributed by atoms with E-state index in [4.69, 9.17) is 4.98 Å². The van der Waals surface area contributed by atoms with Gasteiger partial charge in [0.1, 0.15) is 12.1 Å². The number of thiophene rings is 1. The van der Waals surface area contributed by atoms with Gasteiger partial charge in [0.2, 0.25) is 0 Å². The monoisotopic (exact) mass is 836 g/mol. The first-order valence-corrected chi connectivity index (χ1v) is 17.7. The maximum absolute atomic E-state index is 12.2. The fourth-order valence-electron chi connectivity index (χ4n) is 6.32. The van der Waals surface area contributed by atoms with Crippen LogP contribution in [0, 0.1) is 37.7 Å². The van der Waals surface area contributed by atoms with E-state index in [-0.39, 0.29) is 42.5 Å². The number of carbonyl (C=O) groups is 1. The fourth-order valence-corrected chi connectivity index (χ4v) is 7.51. The molecule has 0 aliphatic carbocycles. The summed E-state index contributed by atoms with van der Waals surface area (Å²) in [5.41, 5.74) is 6.24. The molecule has 0 amide bonds. The number of aliphatic hydroxyl groups excluding tert-OH is 1. The number of rotatable bonds is 8. The third kappa shape index (κ3) is 7.13. The second kappa shape index (κ2) is 15.0. The number of fused-ring (bicyclic) bond motifs is 5. The Labute approximate surface area is 303 Å². The van der Waals surface area contributed by atoms with Gasteiger partial charge < -0.3 is 5.11 Å². The molecule has 4 aromatic carbocycles. The van der Waals surface area contributed by atoms with E-state index in [2.05, 4.69) is 86.4 Å². The topological polar surface area (TPSA) is 63.1 Å². The van der Waals surface area contributed by atoms with Crippen molar-refractivity contribution in [2.75, 3.05) is 0 Å². The van der Waals surface area contributed by atoms with Gasteiger partial charge in [0.05, 0.1) is 5.52 Å². The molecule has 253 valence electrons. The Morgan fingerprint density at radius 2 is 1.46 bits per heavy atom. The summed E-state index contributed by atoms with van der Waals surface area (Å²) in [6.07, 6.45) is 6.44.